The molecular formula is C13H26N2. The van der Waals surface area contributed by atoms with Crippen LogP contribution in [-0.2, 0) is 0 Å². The van der Waals surface area contributed by atoms with Crippen molar-refractivity contribution in [3.05, 3.63) is 0 Å². The third kappa shape index (κ3) is 4.67. The number of hydrogen-bond acceptors (Lipinski definition) is 1. The Balaban J connectivity index is 2.42. The third-order valence-corrected chi connectivity index (χ3v) is 3.21. The molecule has 2 N–H and O–H groups in total. The van der Waals surface area contributed by atoms with Crippen molar-refractivity contribution in [2.45, 2.75) is 65.3 Å². The molecule has 1 rings (SSSR count). The normalized spacial score (nSPS) is 22.0. The van der Waals surface area contributed by atoms with Crippen LogP contribution in [0, 0.1) is 11.8 Å². The van der Waals surface area contributed by atoms with Gasteiger partial charge in [-0.1, -0.05) is 33.1 Å². The van der Waals surface area contributed by atoms with Gasteiger partial charge in [-0.2, -0.15) is 0 Å². The molecule has 1 aliphatic rings. The summed E-state index contributed by atoms with van der Waals surface area (Å²) in [4.78, 5) is 4.64. The Morgan fingerprint density at radius 1 is 1.20 bits per heavy atom. The largest absolute Gasteiger partial charge is 0.387 e. The summed E-state index contributed by atoms with van der Waals surface area (Å²) in [6, 6.07) is 0.395. The summed E-state index contributed by atoms with van der Waals surface area (Å²) < 4.78 is 0. The van der Waals surface area contributed by atoms with Gasteiger partial charge in [-0.3, -0.25) is 4.99 Å². The van der Waals surface area contributed by atoms with Crippen molar-refractivity contribution in [3.63, 3.8) is 0 Å². The van der Waals surface area contributed by atoms with Crippen molar-refractivity contribution >= 4 is 5.84 Å². The van der Waals surface area contributed by atoms with E-state index in [0.717, 1.165) is 12.3 Å². The molecule has 0 amide bonds. The highest BCUT2D eigenvalue weighted by Crippen LogP contribution is 2.24. The highest BCUT2D eigenvalue weighted by Gasteiger charge is 2.17. The molecule has 0 bridgehead atoms. The van der Waals surface area contributed by atoms with Gasteiger partial charge < -0.3 is 5.73 Å². The average molecular weight is 210 g/mol. The van der Waals surface area contributed by atoms with Gasteiger partial charge in [0.2, 0.25) is 0 Å². The smallest absolute Gasteiger partial charge is 0.0971 e. The van der Waals surface area contributed by atoms with E-state index in [1.165, 1.54) is 32.1 Å². The van der Waals surface area contributed by atoms with Gasteiger partial charge in [-0.05, 0) is 32.1 Å². The first-order chi connectivity index (χ1) is 7.09. The summed E-state index contributed by atoms with van der Waals surface area (Å²) in [5.41, 5.74) is 6.08. The Hall–Kier alpha value is -0.530. The molecule has 0 aromatic heterocycles. The summed E-state index contributed by atoms with van der Waals surface area (Å²) in [7, 11) is 0. The van der Waals surface area contributed by atoms with E-state index >= 15 is 0 Å². The number of nitrogens with two attached hydrogens (primary N) is 1. The van der Waals surface area contributed by atoms with Crippen molar-refractivity contribution in [3.8, 4) is 0 Å². The summed E-state index contributed by atoms with van der Waals surface area (Å²) in [5.74, 6) is 2.21. The first-order valence-electron chi connectivity index (χ1n) is 6.42. The molecule has 15 heavy (non-hydrogen) atoms. The standard InChI is InChI=1S/C13H26N2/c1-10(2)9-11(3)15-13(14)12-7-5-4-6-8-12/h10-12H,4-9H2,1-3H3,(H2,14,15). The zero-order valence-electron chi connectivity index (χ0n) is 10.5. The van der Waals surface area contributed by atoms with Crippen LogP contribution in [0.2, 0.25) is 0 Å². The lowest BCUT2D eigenvalue weighted by Crippen LogP contribution is -2.27. The van der Waals surface area contributed by atoms with E-state index in [1.807, 2.05) is 0 Å². The van der Waals surface area contributed by atoms with Crippen LogP contribution in [0.1, 0.15) is 59.3 Å². The third-order valence-electron chi connectivity index (χ3n) is 3.21. The monoisotopic (exact) mass is 210 g/mol. The van der Waals surface area contributed by atoms with Crippen molar-refractivity contribution in [1.29, 1.82) is 0 Å². The van der Waals surface area contributed by atoms with Crippen LogP contribution in [0.15, 0.2) is 4.99 Å². The van der Waals surface area contributed by atoms with E-state index in [1.54, 1.807) is 0 Å². The highest BCUT2D eigenvalue weighted by atomic mass is 14.9. The first-order valence-corrected chi connectivity index (χ1v) is 6.42. The fraction of sp³-hybridized carbons (Fsp3) is 0.923. The topological polar surface area (TPSA) is 38.4 Å². The van der Waals surface area contributed by atoms with Crippen molar-refractivity contribution in [1.82, 2.24) is 0 Å². The predicted octanol–water partition coefficient (Wildman–Crippen LogP) is 3.36. The quantitative estimate of drug-likeness (QED) is 0.561. The summed E-state index contributed by atoms with van der Waals surface area (Å²) >= 11 is 0. The number of nitrogens with zero attached hydrogens (tertiary/aromatic N) is 1. The van der Waals surface area contributed by atoms with Crippen LogP contribution in [0.3, 0.4) is 0 Å². The second-order valence-electron chi connectivity index (χ2n) is 5.37. The van der Waals surface area contributed by atoms with Crippen LogP contribution in [0.5, 0.6) is 0 Å². The molecular weight excluding hydrogens is 184 g/mol. The Bertz CT molecular complexity index is 203. The zero-order valence-corrected chi connectivity index (χ0v) is 10.5. The lowest BCUT2D eigenvalue weighted by atomic mass is 9.88. The molecule has 1 fully saturated rings. The summed E-state index contributed by atoms with van der Waals surface area (Å²) in [5, 5.41) is 0. The molecule has 0 spiro atoms. The maximum atomic E-state index is 6.08. The molecule has 0 radical (unpaired) electrons. The Kier molecular flexibility index (Phi) is 5.13. The van der Waals surface area contributed by atoms with Gasteiger partial charge in [0.15, 0.2) is 0 Å². The summed E-state index contributed by atoms with van der Waals surface area (Å²) in [6.45, 7) is 6.65. The Labute approximate surface area is 94.3 Å². The van der Waals surface area contributed by atoms with E-state index in [-0.39, 0.29) is 0 Å². The van der Waals surface area contributed by atoms with Gasteiger partial charge in [0.1, 0.15) is 0 Å². The number of aliphatic imine (C=N–C) groups is 1. The number of amidine groups is 1. The van der Waals surface area contributed by atoms with Gasteiger partial charge in [-0.15, -0.1) is 0 Å². The van der Waals surface area contributed by atoms with Crippen molar-refractivity contribution in [2.75, 3.05) is 0 Å². The minimum atomic E-state index is 0.395. The number of rotatable bonds is 4. The zero-order chi connectivity index (χ0) is 11.3. The second-order valence-corrected chi connectivity index (χ2v) is 5.37. The van der Waals surface area contributed by atoms with Crippen LogP contribution < -0.4 is 5.73 Å². The lowest BCUT2D eigenvalue weighted by Gasteiger charge is -2.22. The highest BCUT2D eigenvalue weighted by molar-refractivity contribution is 5.83. The molecule has 0 heterocycles. The summed E-state index contributed by atoms with van der Waals surface area (Å²) in [6.07, 6.45) is 7.70. The Morgan fingerprint density at radius 3 is 2.33 bits per heavy atom. The molecule has 2 nitrogen and oxygen atoms in total. The van der Waals surface area contributed by atoms with Gasteiger partial charge in [0.25, 0.3) is 0 Å². The van der Waals surface area contributed by atoms with Gasteiger partial charge in [0.05, 0.1) is 5.84 Å². The first kappa shape index (κ1) is 12.5. The number of hydrogen-bond donors (Lipinski definition) is 1. The molecule has 0 saturated heterocycles. The van der Waals surface area contributed by atoms with E-state index in [0.29, 0.717) is 17.9 Å². The fourth-order valence-corrected chi connectivity index (χ4v) is 2.49. The molecule has 2 heteroatoms. The molecule has 0 aromatic rings. The molecule has 1 aliphatic carbocycles. The molecule has 1 saturated carbocycles. The Morgan fingerprint density at radius 2 is 1.80 bits per heavy atom. The van der Waals surface area contributed by atoms with E-state index in [4.69, 9.17) is 5.73 Å². The molecule has 88 valence electrons. The van der Waals surface area contributed by atoms with E-state index < -0.39 is 0 Å². The fourth-order valence-electron chi connectivity index (χ4n) is 2.49. The van der Waals surface area contributed by atoms with Gasteiger partial charge >= 0.3 is 0 Å². The maximum Gasteiger partial charge on any atom is 0.0971 e. The molecule has 0 aromatic carbocycles. The van der Waals surface area contributed by atoms with Crippen LogP contribution in [0.25, 0.3) is 0 Å². The van der Waals surface area contributed by atoms with Crippen LogP contribution in [-0.4, -0.2) is 11.9 Å². The van der Waals surface area contributed by atoms with E-state index in [2.05, 4.69) is 25.8 Å². The van der Waals surface area contributed by atoms with E-state index in [9.17, 15) is 0 Å². The van der Waals surface area contributed by atoms with Crippen LogP contribution in [0.4, 0.5) is 0 Å². The minimum Gasteiger partial charge on any atom is -0.387 e. The van der Waals surface area contributed by atoms with Crippen LogP contribution >= 0.6 is 0 Å². The molecule has 1 unspecified atom stereocenters. The minimum absolute atomic E-state index is 0.395. The molecule has 0 aliphatic heterocycles. The predicted molar refractivity (Wildman–Crippen MR) is 67.1 cm³/mol. The lowest BCUT2D eigenvalue weighted by molar-refractivity contribution is 0.433. The maximum absolute atomic E-state index is 6.08. The van der Waals surface area contributed by atoms with Crippen molar-refractivity contribution in [2.24, 2.45) is 22.6 Å². The molecule has 1 atom stereocenters. The SMILES string of the molecule is CC(C)CC(C)N=C(N)C1CCCCC1. The van der Waals surface area contributed by atoms with Gasteiger partial charge in [0, 0.05) is 12.0 Å². The second kappa shape index (κ2) is 6.14. The average Bonchev–Trinajstić information content (AvgIpc) is 2.17. The van der Waals surface area contributed by atoms with Crippen molar-refractivity contribution < 1.29 is 0 Å². The van der Waals surface area contributed by atoms with Gasteiger partial charge in [-0.25, -0.2) is 0 Å².